The quantitative estimate of drug-likeness (QED) is 0.317. The molecular formula is C30H34F3N3O7. The molecule has 6 rings (SSSR count). The minimum absolute atomic E-state index is 0.0810. The molecule has 0 spiro atoms. The number of carbonyl (C=O) groups is 3. The van der Waals surface area contributed by atoms with Gasteiger partial charge in [-0.15, -0.1) is 0 Å². The van der Waals surface area contributed by atoms with Crippen molar-refractivity contribution in [3.05, 3.63) is 45.2 Å². The van der Waals surface area contributed by atoms with Crippen molar-refractivity contribution >= 4 is 23.2 Å². The molecule has 1 aliphatic heterocycles. The van der Waals surface area contributed by atoms with Crippen molar-refractivity contribution in [2.45, 2.75) is 62.4 Å². The number of likely N-dealkylation sites (tertiary alicyclic amines) is 1. The van der Waals surface area contributed by atoms with E-state index < -0.39 is 99.1 Å². The predicted octanol–water partition coefficient (Wildman–Crippen LogP) is 2.53. The number of amides is 1. The molecule has 0 aromatic heterocycles. The average molecular weight is 606 g/mol. The van der Waals surface area contributed by atoms with E-state index in [1.54, 1.807) is 0 Å². The molecule has 43 heavy (non-hydrogen) atoms. The number of aliphatic hydroxyl groups is 3. The van der Waals surface area contributed by atoms with Crippen molar-refractivity contribution in [1.82, 2.24) is 9.80 Å². The maximum atomic E-state index is 14.9. The number of aliphatic hydroxyl groups excluding tert-OH is 2. The molecule has 4 aliphatic carbocycles. The van der Waals surface area contributed by atoms with Crippen molar-refractivity contribution in [3.8, 4) is 5.75 Å². The van der Waals surface area contributed by atoms with Gasteiger partial charge in [0.2, 0.25) is 5.78 Å². The molecule has 1 unspecified atom stereocenters. The Kier molecular flexibility index (Phi) is 6.75. The summed E-state index contributed by atoms with van der Waals surface area (Å²) in [6.45, 7) is 1.30. The van der Waals surface area contributed by atoms with Gasteiger partial charge in [-0.3, -0.25) is 24.2 Å². The van der Waals surface area contributed by atoms with Crippen molar-refractivity contribution in [1.29, 1.82) is 0 Å². The van der Waals surface area contributed by atoms with Crippen molar-refractivity contribution < 1.29 is 48.0 Å². The van der Waals surface area contributed by atoms with E-state index in [9.17, 15) is 48.0 Å². The highest BCUT2D eigenvalue weighted by atomic mass is 19.4. The minimum Gasteiger partial charge on any atom is -0.508 e. The number of ketones is 2. The van der Waals surface area contributed by atoms with Gasteiger partial charge < -0.3 is 26.2 Å². The second kappa shape index (κ2) is 9.80. The number of carbonyl (C=O) groups excluding carboxylic acids is 3. The summed E-state index contributed by atoms with van der Waals surface area (Å²) in [5.74, 6) is -8.43. The maximum Gasteiger partial charge on any atom is 0.417 e. The van der Waals surface area contributed by atoms with Crippen LogP contribution in [0.4, 0.5) is 13.2 Å². The third-order valence-corrected chi connectivity index (χ3v) is 9.95. The first kappa shape index (κ1) is 29.6. The molecule has 1 amide bonds. The van der Waals surface area contributed by atoms with Crippen LogP contribution >= 0.6 is 0 Å². The maximum absolute atomic E-state index is 14.9. The van der Waals surface area contributed by atoms with E-state index >= 15 is 0 Å². The Morgan fingerprint density at radius 2 is 1.84 bits per heavy atom. The molecule has 1 saturated heterocycles. The Labute approximate surface area is 245 Å². The topological polar surface area (TPSA) is 165 Å². The van der Waals surface area contributed by atoms with Gasteiger partial charge in [0.25, 0.3) is 5.91 Å². The number of nitrogens with two attached hydrogens (primary N) is 1. The lowest BCUT2D eigenvalue weighted by molar-refractivity contribution is -0.153. The van der Waals surface area contributed by atoms with Crippen molar-refractivity contribution in [2.75, 3.05) is 27.2 Å². The van der Waals surface area contributed by atoms with Crippen molar-refractivity contribution in [2.24, 2.45) is 23.5 Å². The number of Topliss-reactive ketones (excluding diaryl/α,β-unsaturated/α-hetero) is 2. The molecule has 5 atom stereocenters. The summed E-state index contributed by atoms with van der Waals surface area (Å²) in [6.07, 6.45) is -2.34. The number of nitrogens with zero attached hydrogens (tertiary/aromatic N) is 2. The molecular weight excluding hydrogens is 571 g/mol. The molecule has 1 heterocycles. The number of phenolic OH excluding ortho intramolecular Hbond substituents is 1. The SMILES string of the molecule is CN(C)[C@@H]1C(=O)C(C(N)=O)=C(O)[C@@]2(O)C(=O)C3=C(O)c4c(O)cc(C5CCCN5CC5CC5)c(C(F)(F)F)c4C[C@H]3C[C@@H]12. The van der Waals surface area contributed by atoms with Crippen LogP contribution in [0.5, 0.6) is 5.75 Å². The van der Waals surface area contributed by atoms with Gasteiger partial charge in [-0.05, 0) is 88.2 Å². The van der Waals surface area contributed by atoms with Gasteiger partial charge in [-0.25, -0.2) is 0 Å². The van der Waals surface area contributed by atoms with Gasteiger partial charge in [0.15, 0.2) is 11.4 Å². The molecule has 232 valence electrons. The normalized spacial score (nSPS) is 31.4. The first-order valence-electron chi connectivity index (χ1n) is 14.4. The molecule has 0 radical (unpaired) electrons. The number of fused-ring (bicyclic) bond motifs is 3. The van der Waals surface area contributed by atoms with Crippen LogP contribution < -0.4 is 5.73 Å². The lowest BCUT2D eigenvalue weighted by Crippen LogP contribution is -2.65. The number of halogens is 3. The number of hydrogen-bond acceptors (Lipinski definition) is 9. The van der Waals surface area contributed by atoms with Crippen molar-refractivity contribution in [3.63, 3.8) is 0 Å². The smallest absolute Gasteiger partial charge is 0.417 e. The highest BCUT2D eigenvalue weighted by Crippen LogP contribution is 2.55. The van der Waals surface area contributed by atoms with Crippen LogP contribution in [0.25, 0.3) is 5.76 Å². The van der Waals surface area contributed by atoms with Crippen LogP contribution in [-0.2, 0) is 27.0 Å². The first-order chi connectivity index (χ1) is 20.1. The average Bonchev–Trinajstić information content (AvgIpc) is 3.59. The molecule has 2 saturated carbocycles. The number of rotatable bonds is 5. The summed E-state index contributed by atoms with van der Waals surface area (Å²) < 4.78 is 44.8. The van der Waals surface area contributed by atoms with Crippen LogP contribution in [0.2, 0.25) is 0 Å². The van der Waals surface area contributed by atoms with Crippen LogP contribution in [0, 0.1) is 17.8 Å². The van der Waals surface area contributed by atoms with Gasteiger partial charge in [-0.2, -0.15) is 13.2 Å². The number of hydrogen-bond donors (Lipinski definition) is 5. The fourth-order valence-corrected chi connectivity index (χ4v) is 7.97. The van der Waals surface area contributed by atoms with E-state index in [1.165, 1.54) is 19.0 Å². The number of aromatic hydroxyl groups is 1. The summed E-state index contributed by atoms with van der Waals surface area (Å²) in [6, 6.07) is -0.889. The monoisotopic (exact) mass is 605 g/mol. The molecule has 1 aromatic rings. The van der Waals surface area contributed by atoms with Gasteiger partial charge in [-0.1, -0.05) is 0 Å². The Morgan fingerprint density at radius 3 is 2.42 bits per heavy atom. The fourth-order valence-electron chi connectivity index (χ4n) is 7.97. The Hall–Kier alpha value is -3.42. The second-order valence-corrected chi connectivity index (χ2v) is 12.8. The van der Waals surface area contributed by atoms with E-state index in [2.05, 4.69) is 0 Å². The van der Waals surface area contributed by atoms with E-state index in [-0.39, 0.29) is 17.5 Å². The van der Waals surface area contributed by atoms with Gasteiger partial charge in [0.1, 0.15) is 22.8 Å². The number of phenols is 1. The summed E-state index contributed by atoms with van der Waals surface area (Å²) in [5.41, 5.74) is -0.942. The highest BCUT2D eigenvalue weighted by molar-refractivity contribution is 6.24. The zero-order chi connectivity index (χ0) is 31.3. The zero-order valence-corrected chi connectivity index (χ0v) is 23.7. The second-order valence-electron chi connectivity index (χ2n) is 12.8. The van der Waals surface area contributed by atoms with E-state index in [0.717, 1.165) is 18.9 Å². The molecule has 5 aliphatic rings. The van der Waals surface area contributed by atoms with Crippen LogP contribution in [0.1, 0.15) is 60.4 Å². The van der Waals surface area contributed by atoms with E-state index in [0.29, 0.717) is 31.8 Å². The highest BCUT2D eigenvalue weighted by Gasteiger charge is 2.64. The number of primary amides is 1. The predicted molar refractivity (Wildman–Crippen MR) is 146 cm³/mol. The van der Waals surface area contributed by atoms with Crippen LogP contribution in [0.3, 0.4) is 0 Å². The number of alkyl halides is 3. The summed E-state index contributed by atoms with van der Waals surface area (Å²) in [5, 5.41) is 45.1. The standard InChI is InChI=1S/C30H34F3N3O7/c1-35(2)23-16-9-13-8-15-20(24(38)19(13)26(40)29(16,43)27(41)21(25(23)39)28(34)42)18(37)10-14(22(15)30(31,32)33)17-4-3-7-36(17)11-12-5-6-12/h10,12-13,16-17,23,37-38,41,43H,3-9,11H2,1-2H3,(H2,34,42)/t13-,16-,17?,23-,29-/m0/s1. The van der Waals surface area contributed by atoms with Crippen LogP contribution in [0.15, 0.2) is 23.0 Å². The van der Waals surface area contributed by atoms with E-state index in [4.69, 9.17) is 5.73 Å². The Balaban J connectivity index is 1.54. The molecule has 10 nitrogen and oxygen atoms in total. The fraction of sp³-hybridized carbons (Fsp3) is 0.567. The van der Waals surface area contributed by atoms with Gasteiger partial charge in [0.05, 0.1) is 17.2 Å². The summed E-state index contributed by atoms with van der Waals surface area (Å²) in [7, 11) is 2.91. The largest absolute Gasteiger partial charge is 0.508 e. The molecule has 1 aromatic carbocycles. The Bertz CT molecular complexity index is 1510. The summed E-state index contributed by atoms with van der Waals surface area (Å²) >= 11 is 0. The molecule has 3 fully saturated rings. The lowest BCUT2D eigenvalue weighted by Gasteiger charge is -2.50. The number of likely N-dealkylation sites (N-methyl/N-ethyl adjacent to an activating group) is 1. The minimum atomic E-state index is -4.86. The third-order valence-electron chi connectivity index (χ3n) is 9.95. The number of benzene rings is 1. The molecule has 0 bridgehead atoms. The third kappa shape index (κ3) is 4.30. The summed E-state index contributed by atoms with van der Waals surface area (Å²) in [4.78, 5) is 42.7. The zero-order valence-electron chi connectivity index (χ0n) is 23.7. The first-order valence-corrected chi connectivity index (χ1v) is 14.4. The molecule has 13 heteroatoms. The Morgan fingerprint density at radius 1 is 1.16 bits per heavy atom. The van der Waals surface area contributed by atoms with E-state index in [1.807, 2.05) is 4.90 Å². The van der Waals surface area contributed by atoms with Crippen LogP contribution in [-0.4, -0.2) is 86.5 Å². The van der Waals surface area contributed by atoms with Gasteiger partial charge >= 0.3 is 6.18 Å². The van der Waals surface area contributed by atoms with Gasteiger partial charge in [0, 0.05) is 24.1 Å². The molecule has 6 N–H and O–H groups in total. The lowest BCUT2D eigenvalue weighted by atomic mass is 9.57.